The number of hydrogen-bond donors (Lipinski definition) is 1. The molecule has 0 fully saturated rings. The van der Waals surface area contributed by atoms with Crippen LogP contribution in [0.5, 0.6) is 0 Å². The number of nitrogens with zero attached hydrogens (tertiary/aromatic N) is 1. The molecule has 0 aliphatic carbocycles. The predicted molar refractivity (Wildman–Crippen MR) is 82.9 cm³/mol. The van der Waals surface area contributed by atoms with Crippen molar-refractivity contribution in [3.8, 4) is 0 Å². The van der Waals surface area contributed by atoms with Gasteiger partial charge in [-0.1, -0.05) is 47.5 Å². The van der Waals surface area contributed by atoms with Gasteiger partial charge >= 0.3 is 0 Å². The molecule has 0 unspecified atom stereocenters. The maximum absolute atomic E-state index is 10.2. The van der Waals surface area contributed by atoms with Crippen LogP contribution in [-0.2, 0) is 13.1 Å². The number of aryl methyl sites for hydroxylation is 4. The Morgan fingerprint density at radius 2 is 1.15 bits per heavy atom. The number of rotatable bonds is 4. The molecular weight excluding hydrogens is 246 g/mol. The van der Waals surface area contributed by atoms with Gasteiger partial charge in [-0.3, -0.25) is 0 Å². The van der Waals surface area contributed by atoms with Crippen molar-refractivity contribution in [1.29, 1.82) is 0 Å². The lowest BCUT2D eigenvalue weighted by molar-refractivity contribution is -0.108. The Bertz CT molecular complexity index is 551. The van der Waals surface area contributed by atoms with E-state index in [1.54, 1.807) is 0 Å². The molecule has 0 bridgehead atoms. The van der Waals surface area contributed by atoms with Gasteiger partial charge in [-0.2, -0.15) is 5.06 Å². The Balaban J connectivity index is 2.07. The van der Waals surface area contributed by atoms with Gasteiger partial charge in [0.15, 0.2) is 0 Å². The topological polar surface area (TPSA) is 23.5 Å². The van der Waals surface area contributed by atoms with Crippen molar-refractivity contribution >= 4 is 0 Å². The van der Waals surface area contributed by atoms with Gasteiger partial charge in [-0.15, -0.1) is 0 Å². The van der Waals surface area contributed by atoms with Crippen LogP contribution >= 0.6 is 0 Å². The Morgan fingerprint density at radius 3 is 1.50 bits per heavy atom. The Morgan fingerprint density at radius 1 is 0.750 bits per heavy atom. The second kappa shape index (κ2) is 6.21. The van der Waals surface area contributed by atoms with E-state index >= 15 is 0 Å². The average Bonchev–Trinajstić information content (AvgIpc) is 2.36. The summed E-state index contributed by atoms with van der Waals surface area (Å²) in [6, 6.07) is 12.7. The minimum absolute atomic E-state index is 0.555. The summed E-state index contributed by atoms with van der Waals surface area (Å²) in [6.07, 6.45) is 0. The fourth-order valence-electron chi connectivity index (χ4n) is 2.50. The van der Waals surface area contributed by atoms with Crippen molar-refractivity contribution in [2.75, 3.05) is 0 Å². The van der Waals surface area contributed by atoms with Crippen LogP contribution in [0.3, 0.4) is 0 Å². The van der Waals surface area contributed by atoms with Crippen LogP contribution in [-0.4, -0.2) is 10.3 Å². The number of hydroxylamine groups is 2. The van der Waals surface area contributed by atoms with E-state index in [4.69, 9.17) is 0 Å². The summed E-state index contributed by atoms with van der Waals surface area (Å²) in [7, 11) is 0. The lowest BCUT2D eigenvalue weighted by Gasteiger charge is -2.18. The first-order valence-electron chi connectivity index (χ1n) is 7.02. The lowest BCUT2D eigenvalue weighted by Crippen LogP contribution is -2.19. The second-order valence-corrected chi connectivity index (χ2v) is 5.68. The number of hydrogen-bond acceptors (Lipinski definition) is 2. The molecule has 2 heteroatoms. The van der Waals surface area contributed by atoms with E-state index in [9.17, 15) is 5.21 Å². The number of benzene rings is 2. The van der Waals surface area contributed by atoms with Gasteiger partial charge in [0.1, 0.15) is 0 Å². The molecule has 0 aliphatic rings. The molecule has 0 radical (unpaired) electrons. The Kier molecular flexibility index (Phi) is 4.58. The summed E-state index contributed by atoms with van der Waals surface area (Å²) >= 11 is 0. The van der Waals surface area contributed by atoms with Gasteiger partial charge < -0.3 is 5.21 Å². The molecule has 1 N–H and O–H groups in total. The monoisotopic (exact) mass is 269 g/mol. The fraction of sp³-hybridized carbons (Fsp3) is 0.333. The van der Waals surface area contributed by atoms with E-state index in [-0.39, 0.29) is 0 Å². The van der Waals surface area contributed by atoms with E-state index in [1.165, 1.54) is 38.4 Å². The van der Waals surface area contributed by atoms with Gasteiger partial charge in [-0.25, -0.2) is 0 Å². The molecule has 0 spiro atoms. The largest absolute Gasteiger partial charge is 0.313 e. The van der Waals surface area contributed by atoms with Gasteiger partial charge in [0, 0.05) is 13.1 Å². The summed E-state index contributed by atoms with van der Waals surface area (Å²) in [5.41, 5.74) is 7.30. The fourth-order valence-corrected chi connectivity index (χ4v) is 2.50. The summed E-state index contributed by atoms with van der Waals surface area (Å²) in [6.45, 7) is 9.46. The molecular formula is C18H23NO. The SMILES string of the molecule is Cc1ccc(CN(O)Cc2ccc(C)cc2C)c(C)c1. The molecule has 2 aromatic carbocycles. The van der Waals surface area contributed by atoms with Gasteiger partial charge in [0.05, 0.1) is 0 Å². The molecule has 0 atom stereocenters. The molecule has 2 aromatic rings. The molecule has 0 saturated carbocycles. The maximum Gasteiger partial charge on any atom is 0.0495 e. The van der Waals surface area contributed by atoms with Gasteiger partial charge in [-0.05, 0) is 49.9 Å². The highest BCUT2D eigenvalue weighted by atomic mass is 16.5. The van der Waals surface area contributed by atoms with Crippen LogP contribution in [0.25, 0.3) is 0 Å². The summed E-state index contributed by atoms with van der Waals surface area (Å²) in [4.78, 5) is 0. The van der Waals surface area contributed by atoms with Crippen LogP contribution in [0.15, 0.2) is 36.4 Å². The van der Waals surface area contributed by atoms with E-state index in [2.05, 4.69) is 64.1 Å². The maximum atomic E-state index is 10.2. The molecule has 20 heavy (non-hydrogen) atoms. The summed E-state index contributed by atoms with van der Waals surface area (Å²) in [5, 5.41) is 11.6. The Labute approximate surface area is 121 Å². The first kappa shape index (κ1) is 14.8. The first-order valence-corrected chi connectivity index (χ1v) is 7.02. The molecule has 0 aromatic heterocycles. The van der Waals surface area contributed by atoms with Crippen LogP contribution < -0.4 is 0 Å². The molecule has 0 heterocycles. The van der Waals surface area contributed by atoms with Crippen LogP contribution in [0.4, 0.5) is 0 Å². The normalized spacial score (nSPS) is 11.1. The van der Waals surface area contributed by atoms with E-state index < -0.39 is 0 Å². The zero-order valence-electron chi connectivity index (χ0n) is 12.8. The van der Waals surface area contributed by atoms with E-state index in [1.807, 2.05) is 0 Å². The third kappa shape index (κ3) is 3.69. The quantitative estimate of drug-likeness (QED) is 0.836. The van der Waals surface area contributed by atoms with E-state index in [0.29, 0.717) is 13.1 Å². The van der Waals surface area contributed by atoms with Crippen LogP contribution in [0.1, 0.15) is 33.4 Å². The van der Waals surface area contributed by atoms with Crippen molar-refractivity contribution in [2.24, 2.45) is 0 Å². The lowest BCUT2D eigenvalue weighted by atomic mass is 10.0. The third-order valence-corrected chi connectivity index (χ3v) is 3.70. The smallest absolute Gasteiger partial charge is 0.0495 e. The second-order valence-electron chi connectivity index (χ2n) is 5.68. The van der Waals surface area contributed by atoms with Crippen molar-refractivity contribution in [3.63, 3.8) is 0 Å². The van der Waals surface area contributed by atoms with Crippen molar-refractivity contribution in [2.45, 2.75) is 40.8 Å². The standard InChI is InChI=1S/C18H23NO/c1-13-5-7-17(15(3)9-13)11-19(20)12-18-8-6-14(2)10-16(18)4/h5-10,20H,11-12H2,1-4H3. The summed E-state index contributed by atoms with van der Waals surface area (Å²) in [5.74, 6) is 0. The molecule has 0 amide bonds. The van der Waals surface area contributed by atoms with Crippen LogP contribution in [0.2, 0.25) is 0 Å². The highest BCUT2D eigenvalue weighted by molar-refractivity contribution is 5.31. The molecule has 106 valence electrons. The minimum Gasteiger partial charge on any atom is -0.313 e. The predicted octanol–water partition coefficient (Wildman–Crippen LogP) is 4.31. The minimum atomic E-state index is 0.555. The Hall–Kier alpha value is -1.64. The average molecular weight is 269 g/mol. The first-order chi connectivity index (χ1) is 9.45. The highest BCUT2D eigenvalue weighted by Crippen LogP contribution is 2.16. The molecule has 2 rings (SSSR count). The van der Waals surface area contributed by atoms with Gasteiger partial charge in [0.2, 0.25) is 0 Å². The zero-order chi connectivity index (χ0) is 14.7. The van der Waals surface area contributed by atoms with Gasteiger partial charge in [0.25, 0.3) is 0 Å². The molecule has 0 saturated heterocycles. The molecule has 2 nitrogen and oxygen atoms in total. The highest BCUT2D eigenvalue weighted by Gasteiger charge is 2.08. The van der Waals surface area contributed by atoms with Crippen LogP contribution in [0, 0.1) is 27.7 Å². The summed E-state index contributed by atoms with van der Waals surface area (Å²) < 4.78 is 0. The van der Waals surface area contributed by atoms with E-state index in [0.717, 1.165) is 0 Å². The van der Waals surface area contributed by atoms with Crippen molar-refractivity contribution < 1.29 is 5.21 Å². The van der Waals surface area contributed by atoms with Crippen molar-refractivity contribution in [1.82, 2.24) is 5.06 Å². The van der Waals surface area contributed by atoms with Crippen molar-refractivity contribution in [3.05, 3.63) is 69.8 Å². The zero-order valence-corrected chi connectivity index (χ0v) is 12.8. The third-order valence-electron chi connectivity index (χ3n) is 3.70. The molecule has 0 aliphatic heterocycles.